The Morgan fingerprint density at radius 2 is 1.88 bits per heavy atom. The highest BCUT2D eigenvalue weighted by Gasteiger charge is 2.12. The largest absolute Gasteiger partial charge is 0.298 e. The Labute approximate surface area is 94.9 Å². The van der Waals surface area contributed by atoms with Crippen molar-refractivity contribution in [3.05, 3.63) is 35.4 Å². The van der Waals surface area contributed by atoms with Crippen LogP contribution >= 0.6 is 0 Å². The molecule has 1 aromatic rings. The van der Waals surface area contributed by atoms with E-state index >= 15 is 0 Å². The lowest BCUT2D eigenvalue weighted by Gasteiger charge is -2.19. The molecule has 0 saturated heterocycles. The fraction of sp³-hybridized carbons (Fsp3) is 0.385. The molecule has 1 N–H and O–H groups in total. The van der Waals surface area contributed by atoms with Crippen molar-refractivity contribution < 1.29 is 8.78 Å². The van der Waals surface area contributed by atoms with E-state index in [1.807, 2.05) is 13.8 Å². The van der Waals surface area contributed by atoms with Gasteiger partial charge in [-0.25, -0.2) is 8.78 Å². The second kappa shape index (κ2) is 5.09. The first-order valence-corrected chi connectivity index (χ1v) is 5.04. The van der Waals surface area contributed by atoms with Gasteiger partial charge in [0.2, 0.25) is 0 Å². The zero-order chi connectivity index (χ0) is 12.2. The van der Waals surface area contributed by atoms with Gasteiger partial charge in [0, 0.05) is 12.1 Å². The summed E-state index contributed by atoms with van der Waals surface area (Å²) in [4.78, 5) is 0. The van der Waals surface area contributed by atoms with Gasteiger partial charge in [0.25, 0.3) is 6.43 Å². The molecule has 0 fully saturated rings. The quantitative estimate of drug-likeness (QED) is 0.773. The van der Waals surface area contributed by atoms with Crippen molar-refractivity contribution in [1.29, 1.82) is 0 Å². The van der Waals surface area contributed by atoms with E-state index < -0.39 is 6.43 Å². The third kappa shape index (κ3) is 3.63. The van der Waals surface area contributed by atoms with E-state index in [0.717, 1.165) is 5.56 Å². The normalized spacial score (nSPS) is 11.5. The predicted octanol–water partition coefficient (Wildman–Crippen LogP) is 3.13. The van der Waals surface area contributed by atoms with Crippen molar-refractivity contribution in [2.45, 2.75) is 32.4 Å². The molecule has 3 heteroatoms. The Balaban J connectivity index is 2.60. The lowest BCUT2D eigenvalue weighted by Crippen LogP contribution is -2.36. The first kappa shape index (κ1) is 12.7. The van der Waals surface area contributed by atoms with Crippen molar-refractivity contribution in [3.63, 3.8) is 0 Å². The van der Waals surface area contributed by atoms with Crippen molar-refractivity contribution in [3.8, 4) is 12.3 Å². The fourth-order valence-electron chi connectivity index (χ4n) is 1.16. The summed E-state index contributed by atoms with van der Waals surface area (Å²) in [5.74, 6) is 2.61. The zero-order valence-corrected chi connectivity index (χ0v) is 9.43. The molecule has 16 heavy (non-hydrogen) atoms. The van der Waals surface area contributed by atoms with Gasteiger partial charge in [-0.2, -0.15) is 0 Å². The standard InChI is InChI=1S/C13H15F2N/c1-4-13(2,3)16-9-10-5-7-11(8-6-10)12(14)15/h1,5-8,12,16H,9H2,2-3H3. The molecule has 0 amide bonds. The summed E-state index contributed by atoms with van der Waals surface area (Å²) in [7, 11) is 0. The molecule has 1 aromatic carbocycles. The minimum absolute atomic E-state index is 0.0416. The van der Waals surface area contributed by atoms with E-state index in [0.29, 0.717) is 6.54 Å². The summed E-state index contributed by atoms with van der Waals surface area (Å²) in [5, 5.41) is 3.15. The molecule has 0 aliphatic rings. The molecule has 0 aliphatic heterocycles. The highest BCUT2D eigenvalue weighted by atomic mass is 19.3. The number of nitrogens with one attached hydrogen (secondary N) is 1. The topological polar surface area (TPSA) is 12.0 Å². The van der Waals surface area contributed by atoms with E-state index in [4.69, 9.17) is 6.42 Å². The highest BCUT2D eigenvalue weighted by Crippen LogP contribution is 2.18. The second-order valence-corrected chi connectivity index (χ2v) is 4.17. The van der Waals surface area contributed by atoms with Crippen molar-refractivity contribution in [2.75, 3.05) is 0 Å². The van der Waals surface area contributed by atoms with E-state index in [9.17, 15) is 8.78 Å². The highest BCUT2D eigenvalue weighted by molar-refractivity contribution is 5.23. The Hall–Kier alpha value is -1.40. The van der Waals surface area contributed by atoms with Gasteiger partial charge in [0.05, 0.1) is 5.54 Å². The molecule has 1 nitrogen and oxygen atoms in total. The number of alkyl halides is 2. The Bertz CT molecular complexity index is 374. The van der Waals surface area contributed by atoms with Crippen molar-refractivity contribution in [2.24, 2.45) is 0 Å². The summed E-state index contributed by atoms with van der Waals surface area (Å²) < 4.78 is 24.6. The summed E-state index contributed by atoms with van der Waals surface area (Å²) in [5.41, 5.74) is 0.592. The SMILES string of the molecule is C#CC(C)(C)NCc1ccc(C(F)F)cc1. The summed E-state index contributed by atoms with van der Waals surface area (Å²) in [6, 6.07) is 6.23. The molecule has 0 atom stereocenters. The molecule has 0 aromatic heterocycles. The van der Waals surface area contributed by atoms with Crippen LogP contribution in [0.15, 0.2) is 24.3 Å². The van der Waals surface area contributed by atoms with Crippen LogP contribution in [0.5, 0.6) is 0 Å². The number of hydrogen-bond donors (Lipinski definition) is 1. The van der Waals surface area contributed by atoms with Crippen molar-refractivity contribution >= 4 is 0 Å². The molecule has 1 rings (SSSR count). The molecule has 0 bridgehead atoms. The maximum Gasteiger partial charge on any atom is 0.263 e. The van der Waals surface area contributed by atoms with Crippen LogP contribution < -0.4 is 5.32 Å². The van der Waals surface area contributed by atoms with Crippen molar-refractivity contribution in [1.82, 2.24) is 5.32 Å². The summed E-state index contributed by atoms with van der Waals surface area (Å²) in [6.07, 6.45) is 2.91. The Kier molecular flexibility index (Phi) is 4.03. The molecular formula is C13H15F2N. The van der Waals surface area contributed by atoms with E-state index in [1.54, 1.807) is 12.1 Å². The van der Waals surface area contributed by atoms with Gasteiger partial charge in [-0.1, -0.05) is 30.2 Å². The molecule has 0 saturated carbocycles. The van der Waals surface area contributed by atoms with Crippen LogP contribution in [-0.4, -0.2) is 5.54 Å². The van der Waals surface area contributed by atoms with Gasteiger partial charge in [0.15, 0.2) is 0 Å². The first-order chi connectivity index (χ1) is 7.44. The predicted molar refractivity (Wildman–Crippen MR) is 61.2 cm³/mol. The van der Waals surface area contributed by atoms with Crippen LogP contribution in [0.2, 0.25) is 0 Å². The van der Waals surface area contributed by atoms with Crippen LogP contribution in [0.4, 0.5) is 8.78 Å². The summed E-state index contributed by atoms with van der Waals surface area (Å²) in [6.45, 7) is 4.35. The molecule has 0 aliphatic carbocycles. The third-order valence-electron chi connectivity index (χ3n) is 2.33. The van der Waals surface area contributed by atoms with Gasteiger partial charge in [-0.15, -0.1) is 6.42 Å². The van der Waals surface area contributed by atoms with Crippen LogP contribution in [0, 0.1) is 12.3 Å². The van der Waals surface area contributed by atoms with Gasteiger partial charge in [0.1, 0.15) is 0 Å². The number of hydrogen-bond acceptors (Lipinski definition) is 1. The molecule has 0 radical (unpaired) electrons. The van der Waals surface area contributed by atoms with Gasteiger partial charge in [-0.05, 0) is 19.4 Å². The van der Waals surface area contributed by atoms with Crippen LogP contribution in [-0.2, 0) is 6.54 Å². The minimum atomic E-state index is -2.41. The molecule has 0 unspecified atom stereocenters. The maximum atomic E-state index is 12.3. The first-order valence-electron chi connectivity index (χ1n) is 5.04. The van der Waals surface area contributed by atoms with Gasteiger partial charge < -0.3 is 0 Å². The average Bonchev–Trinajstić information content (AvgIpc) is 2.27. The number of benzene rings is 1. The number of halogens is 2. The summed E-state index contributed by atoms with van der Waals surface area (Å²) >= 11 is 0. The molecule has 0 spiro atoms. The molecular weight excluding hydrogens is 208 g/mol. The maximum absolute atomic E-state index is 12.3. The lowest BCUT2D eigenvalue weighted by molar-refractivity contribution is 0.151. The van der Waals surface area contributed by atoms with E-state index in [-0.39, 0.29) is 11.1 Å². The van der Waals surface area contributed by atoms with E-state index in [1.165, 1.54) is 12.1 Å². The monoisotopic (exact) mass is 223 g/mol. The number of rotatable bonds is 4. The lowest BCUT2D eigenvalue weighted by atomic mass is 10.1. The third-order valence-corrected chi connectivity index (χ3v) is 2.33. The zero-order valence-electron chi connectivity index (χ0n) is 9.43. The van der Waals surface area contributed by atoms with E-state index in [2.05, 4.69) is 11.2 Å². The van der Waals surface area contributed by atoms with Gasteiger partial charge >= 0.3 is 0 Å². The second-order valence-electron chi connectivity index (χ2n) is 4.17. The van der Waals surface area contributed by atoms with Crippen LogP contribution in [0.1, 0.15) is 31.4 Å². The Morgan fingerprint density at radius 3 is 2.31 bits per heavy atom. The number of terminal acetylenes is 1. The minimum Gasteiger partial charge on any atom is -0.298 e. The fourth-order valence-corrected chi connectivity index (χ4v) is 1.16. The van der Waals surface area contributed by atoms with Crippen LogP contribution in [0.3, 0.4) is 0 Å². The molecule has 86 valence electrons. The average molecular weight is 223 g/mol. The Morgan fingerprint density at radius 1 is 1.31 bits per heavy atom. The van der Waals surface area contributed by atoms with Crippen LogP contribution in [0.25, 0.3) is 0 Å². The van der Waals surface area contributed by atoms with Gasteiger partial charge in [-0.3, -0.25) is 5.32 Å². The molecule has 0 heterocycles. The smallest absolute Gasteiger partial charge is 0.263 e.